The van der Waals surface area contributed by atoms with Crippen molar-refractivity contribution in [1.29, 1.82) is 0 Å². The number of nitrogens with one attached hydrogen (secondary N) is 1. The highest BCUT2D eigenvalue weighted by Crippen LogP contribution is 2.20. The molecule has 132 valence electrons. The van der Waals surface area contributed by atoms with Gasteiger partial charge in [0, 0.05) is 0 Å². The Morgan fingerprint density at radius 2 is 1.70 bits per heavy atom. The molecule has 0 aromatic rings. The van der Waals surface area contributed by atoms with E-state index in [1.807, 2.05) is 0 Å². The Hall–Kier alpha value is -2.06. The van der Waals surface area contributed by atoms with Gasteiger partial charge >= 0.3 is 24.0 Å². The summed E-state index contributed by atoms with van der Waals surface area (Å²) in [5.41, 5.74) is -1.02. The summed E-state index contributed by atoms with van der Waals surface area (Å²) in [7, 11) is 1.01. The molecule has 0 heterocycles. The summed E-state index contributed by atoms with van der Waals surface area (Å²) in [4.78, 5) is 35.0. The lowest BCUT2D eigenvalue weighted by Gasteiger charge is -2.28. The van der Waals surface area contributed by atoms with Crippen molar-refractivity contribution in [3.05, 3.63) is 12.7 Å². The predicted octanol–water partition coefficient (Wildman–Crippen LogP) is 1.74. The Labute approximate surface area is 132 Å². The number of rotatable bonds is 6. The van der Waals surface area contributed by atoms with Gasteiger partial charge in [-0.2, -0.15) is 13.2 Å². The number of esters is 2. The van der Waals surface area contributed by atoms with Crippen LogP contribution in [0.15, 0.2) is 12.7 Å². The van der Waals surface area contributed by atoms with E-state index in [2.05, 4.69) is 11.3 Å². The first-order valence-electron chi connectivity index (χ1n) is 6.62. The van der Waals surface area contributed by atoms with Gasteiger partial charge in [0.1, 0.15) is 11.6 Å². The molecule has 2 atom stereocenters. The summed E-state index contributed by atoms with van der Waals surface area (Å²) in [5, 5.41) is 1.49. The molecule has 6 nitrogen and oxygen atoms in total. The topological polar surface area (TPSA) is 81.7 Å². The van der Waals surface area contributed by atoms with Crippen molar-refractivity contribution in [2.75, 3.05) is 7.11 Å². The van der Waals surface area contributed by atoms with Gasteiger partial charge < -0.3 is 14.8 Å². The van der Waals surface area contributed by atoms with Gasteiger partial charge in [0.05, 0.1) is 13.0 Å². The van der Waals surface area contributed by atoms with Gasteiger partial charge in [-0.1, -0.05) is 6.08 Å². The minimum absolute atomic E-state index is 0.186. The van der Waals surface area contributed by atoms with Gasteiger partial charge in [-0.3, -0.25) is 9.59 Å². The fourth-order valence-corrected chi connectivity index (χ4v) is 1.61. The van der Waals surface area contributed by atoms with Crippen molar-refractivity contribution in [1.82, 2.24) is 5.32 Å². The molecule has 0 aliphatic rings. The van der Waals surface area contributed by atoms with Gasteiger partial charge in [0.25, 0.3) is 0 Å². The molecule has 0 bridgehead atoms. The second-order valence-corrected chi connectivity index (χ2v) is 5.64. The summed E-state index contributed by atoms with van der Waals surface area (Å²) in [6, 6.07) is -1.85. The highest BCUT2D eigenvalue weighted by atomic mass is 19.4. The number of halogens is 3. The van der Waals surface area contributed by atoms with E-state index in [1.54, 1.807) is 0 Å². The summed E-state index contributed by atoms with van der Waals surface area (Å²) in [6.07, 6.45) is -4.18. The molecule has 0 radical (unpaired) electrons. The fourth-order valence-electron chi connectivity index (χ4n) is 1.61. The first kappa shape index (κ1) is 20.9. The Balaban J connectivity index is 5.57. The van der Waals surface area contributed by atoms with E-state index in [1.165, 1.54) is 32.2 Å². The van der Waals surface area contributed by atoms with E-state index >= 15 is 0 Å². The standard InChI is InChI=1S/C14H20F3NO5/c1-6-7-8(10(19)22-5)9(11(20)23-13(2,3)4)18-12(21)14(15,16)17/h6,8-9H,1,7H2,2-5H3,(H,18,21)/t8-,9-/m1/s1. The zero-order valence-electron chi connectivity index (χ0n) is 13.3. The van der Waals surface area contributed by atoms with Crippen LogP contribution < -0.4 is 5.32 Å². The van der Waals surface area contributed by atoms with Gasteiger partial charge in [0.2, 0.25) is 0 Å². The van der Waals surface area contributed by atoms with Crippen LogP contribution in [0.4, 0.5) is 13.2 Å². The number of carbonyl (C=O) groups is 3. The predicted molar refractivity (Wildman–Crippen MR) is 74.2 cm³/mol. The largest absolute Gasteiger partial charge is 0.471 e. The van der Waals surface area contributed by atoms with Crippen molar-refractivity contribution in [3.63, 3.8) is 0 Å². The highest BCUT2D eigenvalue weighted by Gasteiger charge is 2.45. The molecule has 1 amide bonds. The van der Waals surface area contributed by atoms with Crippen LogP contribution in [-0.2, 0) is 23.9 Å². The lowest BCUT2D eigenvalue weighted by Crippen LogP contribution is -2.54. The number of ether oxygens (including phenoxy) is 2. The molecule has 0 aliphatic carbocycles. The second-order valence-electron chi connectivity index (χ2n) is 5.64. The first-order valence-corrected chi connectivity index (χ1v) is 6.62. The number of allylic oxidation sites excluding steroid dienone is 1. The normalized spacial score (nSPS) is 14.4. The van der Waals surface area contributed by atoms with E-state index in [0.717, 1.165) is 7.11 Å². The number of hydrogen-bond acceptors (Lipinski definition) is 5. The molecule has 0 unspecified atom stereocenters. The molecule has 9 heteroatoms. The third kappa shape index (κ3) is 7.16. The Morgan fingerprint density at radius 1 is 1.17 bits per heavy atom. The highest BCUT2D eigenvalue weighted by molar-refractivity contribution is 5.91. The second kappa shape index (κ2) is 7.98. The fraction of sp³-hybridized carbons (Fsp3) is 0.643. The quantitative estimate of drug-likeness (QED) is 0.589. The number of carbonyl (C=O) groups excluding carboxylic acids is 3. The van der Waals surface area contributed by atoms with Crippen LogP contribution in [0, 0.1) is 5.92 Å². The third-order valence-corrected chi connectivity index (χ3v) is 2.53. The molecule has 0 aliphatic heterocycles. The van der Waals surface area contributed by atoms with Crippen LogP contribution in [0.2, 0.25) is 0 Å². The molecule has 0 saturated heterocycles. The van der Waals surface area contributed by atoms with Crippen LogP contribution >= 0.6 is 0 Å². The van der Waals surface area contributed by atoms with Crippen molar-refractivity contribution in [2.45, 2.75) is 45.0 Å². The minimum Gasteiger partial charge on any atom is -0.469 e. The van der Waals surface area contributed by atoms with Crippen LogP contribution in [0.3, 0.4) is 0 Å². The van der Waals surface area contributed by atoms with Crippen molar-refractivity contribution < 1.29 is 37.0 Å². The third-order valence-electron chi connectivity index (χ3n) is 2.53. The lowest BCUT2D eigenvalue weighted by atomic mass is 9.95. The van der Waals surface area contributed by atoms with E-state index in [9.17, 15) is 27.6 Å². The first-order chi connectivity index (χ1) is 10.3. The minimum atomic E-state index is -5.21. The van der Waals surface area contributed by atoms with E-state index in [4.69, 9.17) is 4.74 Å². The van der Waals surface area contributed by atoms with Gasteiger partial charge in [-0.25, -0.2) is 4.79 Å². The van der Waals surface area contributed by atoms with Gasteiger partial charge in [-0.05, 0) is 27.2 Å². The smallest absolute Gasteiger partial charge is 0.469 e. The van der Waals surface area contributed by atoms with Crippen LogP contribution in [0.5, 0.6) is 0 Å². The molecular weight excluding hydrogens is 319 g/mol. The van der Waals surface area contributed by atoms with E-state index < -0.39 is 41.6 Å². The van der Waals surface area contributed by atoms with Crippen molar-refractivity contribution >= 4 is 17.8 Å². The summed E-state index contributed by atoms with van der Waals surface area (Å²) < 4.78 is 46.8. The number of alkyl halides is 3. The van der Waals surface area contributed by atoms with Crippen molar-refractivity contribution in [2.24, 2.45) is 5.92 Å². The van der Waals surface area contributed by atoms with E-state index in [0.29, 0.717) is 0 Å². The van der Waals surface area contributed by atoms with Gasteiger partial charge in [-0.15, -0.1) is 6.58 Å². The number of hydrogen-bond donors (Lipinski definition) is 1. The molecule has 23 heavy (non-hydrogen) atoms. The molecule has 0 saturated carbocycles. The molecular formula is C14H20F3NO5. The van der Waals surface area contributed by atoms with E-state index in [-0.39, 0.29) is 6.42 Å². The molecule has 0 aromatic heterocycles. The summed E-state index contributed by atoms with van der Waals surface area (Å²) in [5.74, 6) is -5.89. The maximum absolute atomic E-state index is 12.4. The van der Waals surface area contributed by atoms with Crippen LogP contribution in [0.25, 0.3) is 0 Å². The average Bonchev–Trinajstić information content (AvgIpc) is 2.38. The molecule has 0 rings (SSSR count). The molecule has 1 N–H and O–H groups in total. The van der Waals surface area contributed by atoms with Gasteiger partial charge in [0.15, 0.2) is 0 Å². The maximum Gasteiger partial charge on any atom is 0.471 e. The lowest BCUT2D eigenvalue weighted by molar-refractivity contribution is -0.179. The maximum atomic E-state index is 12.4. The zero-order chi connectivity index (χ0) is 18.4. The molecule has 0 aromatic carbocycles. The average molecular weight is 339 g/mol. The monoisotopic (exact) mass is 339 g/mol. The Morgan fingerprint density at radius 3 is 2.04 bits per heavy atom. The Kier molecular flexibility index (Phi) is 7.26. The molecule has 0 spiro atoms. The SMILES string of the molecule is C=CC[C@@H](C(=O)OC)[C@@H](NC(=O)C(F)(F)F)C(=O)OC(C)(C)C. The summed E-state index contributed by atoms with van der Waals surface area (Å²) >= 11 is 0. The van der Waals surface area contributed by atoms with Crippen LogP contribution in [0.1, 0.15) is 27.2 Å². The van der Waals surface area contributed by atoms with Crippen molar-refractivity contribution in [3.8, 4) is 0 Å². The number of methoxy groups -OCH3 is 1. The Bertz CT molecular complexity index is 468. The zero-order valence-corrected chi connectivity index (χ0v) is 13.3. The van der Waals surface area contributed by atoms with Crippen LogP contribution in [-0.4, -0.2) is 42.8 Å². The summed E-state index contributed by atoms with van der Waals surface area (Å²) in [6.45, 7) is 7.85. The number of amides is 1. The molecule has 0 fully saturated rings.